The summed E-state index contributed by atoms with van der Waals surface area (Å²) in [5.41, 5.74) is 6.74. The zero-order valence-corrected chi connectivity index (χ0v) is 11.2. The minimum Gasteiger partial charge on any atom is -0.449 e. The van der Waals surface area contributed by atoms with Gasteiger partial charge < -0.3 is 15.5 Å². The summed E-state index contributed by atoms with van der Waals surface area (Å²) in [5.74, 6) is 0. The number of aromatic amines is 1. The fourth-order valence-electron chi connectivity index (χ4n) is 2.41. The molecule has 1 aliphatic heterocycles. The van der Waals surface area contributed by atoms with Crippen LogP contribution in [0.15, 0.2) is 16.9 Å². The van der Waals surface area contributed by atoms with Gasteiger partial charge in [0.25, 0.3) is 0 Å². The van der Waals surface area contributed by atoms with E-state index < -0.39 is 11.8 Å². The predicted octanol–water partition coefficient (Wildman–Crippen LogP) is 1.35. The summed E-state index contributed by atoms with van der Waals surface area (Å²) in [6.45, 7) is 3.97. The molecule has 0 aromatic carbocycles. The highest BCUT2D eigenvalue weighted by Crippen LogP contribution is 2.34. The van der Waals surface area contributed by atoms with Gasteiger partial charge in [-0.15, -0.1) is 0 Å². The Hall–Kier alpha value is -1.82. The molecule has 1 aromatic rings. The van der Waals surface area contributed by atoms with E-state index in [-0.39, 0.29) is 12.2 Å². The van der Waals surface area contributed by atoms with Gasteiger partial charge in [0.15, 0.2) is 0 Å². The van der Waals surface area contributed by atoms with Gasteiger partial charge in [0.1, 0.15) is 0 Å². The molecule has 19 heavy (non-hydrogen) atoms. The molecule has 6 nitrogen and oxygen atoms in total. The lowest BCUT2D eigenvalue weighted by Gasteiger charge is -2.43. The fraction of sp³-hybridized carbons (Fsp3) is 0.538. The number of nitrogens with two attached hydrogens (primary N) is 1. The number of pyridine rings is 1. The molecule has 2 heterocycles. The van der Waals surface area contributed by atoms with Gasteiger partial charge in [-0.25, -0.2) is 4.79 Å². The van der Waals surface area contributed by atoms with Crippen LogP contribution in [0.1, 0.15) is 32.4 Å². The van der Waals surface area contributed by atoms with Gasteiger partial charge in [0, 0.05) is 11.8 Å². The number of rotatable bonds is 2. The molecule has 2 rings (SSSR count). The Morgan fingerprint density at radius 2 is 2.26 bits per heavy atom. The third-order valence-electron chi connectivity index (χ3n) is 3.53. The van der Waals surface area contributed by atoms with Crippen LogP contribution in [0.5, 0.6) is 0 Å². The lowest BCUT2D eigenvalue weighted by molar-refractivity contribution is 0.148. The van der Waals surface area contributed by atoms with Crippen molar-refractivity contribution in [2.45, 2.75) is 38.8 Å². The number of hydrogen-bond donors (Lipinski definition) is 2. The molecule has 6 heteroatoms. The van der Waals surface area contributed by atoms with Crippen molar-refractivity contribution >= 4 is 11.8 Å². The fourth-order valence-corrected chi connectivity index (χ4v) is 2.41. The van der Waals surface area contributed by atoms with Crippen molar-refractivity contribution in [3.05, 3.63) is 28.2 Å². The average molecular weight is 265 g/mol. The van der Waals surface area contributed by atoms with E-state index in [1.807, 2.05) is 6.92 Å². The number of anilines is 1. The highest BCUT2D eigenvalue weighted by atomic mass is 16.6. The third kappa shape index (κ3) is 2.35. The molecule has 0 bridgehead atoms. The Balaban J connectivity index is 2.50. The van der Waals surface area contributed by atoms with Crippen LogP contribution in [-0.2, 0) is 11.2 Å². The number of fused-ring (bicyclic) bond motifs is 1. The molecule has 104 valence electrons. The Morgan fingerprint density at radius 1 is 1.53 bits per heavy atom. The average Bonchev–Trinajstić information content (AvgIpc) is 2.39. The standard InChI is InChI=1S/C13H19N3O3/c1-3-13(14)8-7-9-10(5-6-11(17)15-9)16(13)12(18)19-4-2/h5-6H,3-4,7-8,14H2,1-2H3,(H,15,17). The SMILES string of the molecule is CCOC(=O)N1c2ccc(=O)[nH]c2CCC1(N)CC. The van der Waals surface area contributed by atoms with E-state index in [4.69, 9.17) is 10.5 Å². The largest absolute Gasteiger partial charge is 0.449 e. The van der Waals surface area contributed by atoms with Gasteiger partial charge in [-0.2, -0.15) is 0 Å². The van der Waals surface area contributed by atoms with Gasteiger partial charge in [0.2, 0.25) is 5.56 Å². The van der Waals surface area contributed by atoms with Crippen molar-refractivity contribution in [3.63, 3.8) is 0 Å². The maximum absolute atomic E-state index is 12.2. The van der Waals surface area contributed by atoms with Crippen molar-refractivity contribution in [2.75, 3.05) is 11.5 Å². The maximum Gasteiger partial charge on any atom is 0.415 e. The number of aryl methyl sites for hydroxylation is 1. The molecule has 0 saturated heterocycles. The van der Waals surface area contributed by atoms with E-state index in [0.29, 0.717) is 24.9 Å². The first-order valence-electron chi connectivity index (χ1n) is 6.50. The van der Waals surface area contributed by atoms with E-state index in [9.17, 15) is 9.59 Å². The topological polar surface area (TPSA) is 88.4 Å². The van der Waals surface area contributed by atoms with Gasteiger partial charge in [-0.05, 0) is 32.3 Å². The van der Waals surface area contributed by atoms with E-state index in [1.165, 1.54) is 11.0 Å². The molecule has 0 saturated carbocycles. The summed E-state index contributed by atoms with van der Waals surface area (Å²) in [4.78, 5) is 27.7. The Labute approximate surface area is 111 Å². The predicted molar refractivity (Wildman–Crippen MR) is 72.1 cm³/mol. The van der Waals surface area contributed by atoms with Crippen LogP contribution in [0.2, 0.25) is 0 Å². The summed E-state index contributed by atoms with van der Waals surface area (Å²) in [6, 6.07) is 3.02. The number of H-pyrrole nitrogens is 1. The van der Waals surface area contributed by atoms with Crippen molar-refractivity contribution in [1.82, 2.24) is 4.98 Å². The lowest BCUT2D eigenvalue weighted by Crippen LogP contribution is -2.61. The van der Waals surface area contributed by atoms with Crippen LogP contribution in [0, 0.1) is 0 Å². The number of ether oxygens (including phenoxy) is 1. The molecule has 1 amide bonds. The van der Waals surface area contributed by atoms with E-state index in [0.717, 1.165) is 5.69 Å². The highest BCUT2D eigenvalue weighted by Gasteiger charge is 2.41. The minimum atomic E-state index is -0.766. The number of carbonyl (C=O) groups is 1. The molecular weight excluding hydrogens is 246 g/mol. The summed E-state index contributed by atoms with van der Waals surface area (Å²) in [7, 11) is 0. The van der Waals surface area contributed by atoms with E-state index in [1.54, 1.807) is 13.0 Å². The second-order valence-corrected chi connectivity index (χ2v) is 4.68. The molecule has 0 radical (unpaired) electrons. The van der Waals surface area contributed by atoms with Crippen LogP contribution in [0.3, 0.4) is 0 Å². The normalized spacial score (nSPS) is 21.9. The Bertz CT molecular complexity index is 540. The van der Waals surface area contributed by atoms with Gasteiger partial charge in [-0.3, -0.25) is 9.69 Å². The van der Waals surface area contributed by atoms with Crippen LogP contribution >= 0.6 is 0 Å². The van der Waals surface area contributed by atoms with Gasteiger partial charge in [-0.1, -0.05) is 6.92 Å². The Kier molecular flexibility index (Phi) is 3.61. The molecule has 0 spiro atoms. The number of hydrogen-bond acceptors (Lipinski definition) is 4. The summed E-state index contributed by atoms with van der Waals surface area (Å²) < 4.78 is 5.08. The number of aromatic nitrogens is 1. The molecule has 1 aromatic heterocycles. The smallest absolute Gasteiger partial charge is 0.415 e. The van der Waals surface area contributed by atoms with Gasteiger partial charge >= 0.3 is 6.09 Å². The molecule has 0 fully saturated rings. The van der Waals surface area contributed by atoms with E-state index >= 15 is 0 Å². The second-order valence-electron chi connectivity index (χ2n) is 4.68. The molecular formula is C13H19N3O3. The van der Waals surface area contributed by atoms with Crippen molar-refractivity contribution in [3.8, 4) is 0 Å². The minimum absolute atomic E-state index is 0.177. The van der Waals surface area contributed by atoms with E-state index in [2.05, 4.69) is 4.98 Å². The quantitative estimate of drug-likeness (QED) is 0.844. The molecule has 0 aliphatic carbocycles. The summed E-state index contributed by atoms with van der Waals surface area (Å²) in [6.07, 6.45) is 1.38. The number of carbonyl (C=O) groups excluding carboxylic acids is 1. The zero-order chi connectivity index (χ0) is 14.0. The first-order chi connectivity index (χ1) is 9.01. The van der Waals surface area contributed by atoms with Crippen molar-refractivity contribution < 1.29 is 9.53 Å². The van der Waals surface area contributed by atoms with Crippen LogP contribution in [-0.4, -0.2) is 23.3 Å². The second kappa shape index (κ2) is 5.05. The highest BCUT2D eigenvalue weighted by molar-refractivity contribution is 5.90. The van der Waals surface area contributed by atoms with Crippen LogP contribution in [0.4, 0.5) is 10.5 Å². The third-order valence-corrected chi connectivity index (χ3v) is 3.53. The lowest BCUT2D eigenvalue weighted by atomic mass is 9.92. The number of nitrogens with one attached hydrogen (secondary N) is 1. The monoisotopic (exact) mass is 265 g/mol. The Morgan fingerprint density at radius 3 is 2.89 bits per heavy atom. The molecule has 3 N–H and O–H groups in total. The zero-order valence-electron chi connectivity index (χ0n) is 11.2. The van der Waals surface area contributed by atoms with Gasteiger partial charge in [0.05, 0.1) is 18.0 Å². The van der Waals surface area contributed by atoms with Crippen LogP contribution in [0.25, 0.3) is 0 Å². The van der Waals surface area contributed by atoms with Crippen molar-refractivity contribution in [2.24, 2.45) is 5.73 Å². The van der Waals surface area contributed by atoms with Crippen LogP contribution < -0.4 is 16.2 Å². The molecule has 1 aliphatic rings. The molecule has 1 unspecified atom stereocenters. The first kappa shape index (κ1) is 13.6. The number of nitrogens with zero attached hydrogens (tertiary/aromatic N) is 1. The van der Waals surface area contributed by atoms with Crippen molar-refractivity contribution in [1.29, 1.82) is 0 Å². The number of amides is 1. The maximum atomic E-state index is 12.2. The molecule has 1 atom stereocenters. The summed E-state index contributed by atoms with van der Waals surface area (Å²) in [5, 5.41) is 0. The first-order valence-corrected chi connectivity index (χ1v) is 6.50. The summed E-state index contributed by atoms with van der Waals surface area (Å²) >= 11 is 0.